The molecule has 3 aromatic heterocycles. The Bertz CT molecular complexity index is 1650. The fourth-order valence-electron chi connectivity index (χ4n) is 5.61. The number of nitrogens with zero attached hydrogens (tertiary/aromatic N) is 5. The molecule has 3 fully saturated rings. The minimum absolute atomic E-state index is 0.0662. The van der Waals surface area contributed by atoms with Crippen LogP contribution in [-0.4, -0.2) is 94.2 Å². The van der Waals surface area contributed by atoms with Gasteiger partial charge in [-0.05, 0) is 24.8 Å². The number of aliphatic hydroxyl groups is 1. The number of anilines is 2. The lowest BCUT2D eigenvalue weighted by atomic mass is 10.0. The van der Waals surface area contributed by atoms with E-state index in [1.54, 1.807) is 0 Å². The summed E-state index contributed by atoms with van der Waals surface area (Å²) in [6.07, 6.45) is -5.36. The highest BCUT2D eigenvalue weighted by atomic mass is 31.2. The van der Waals surface area contributed by atoms with Crippen LogP contribution >= 0.6 is 15.6 Å². The summed E-state index contributed by atoms with van der Waals surface area (Å²) in [5, 5.41) is 13.9. The normalized spacial score (nSPS) is 38.5. The zero-order chi connectivity index (χ0) is 31.2. The van der Waals surface area contributed by atoms with Crippen LogP contribution in [0.15, 0.2) is 29.7 Å². The molecular weight excluding hydrogens is 633 g/mol. The standard InChI is InChI=1S/C22H29FN8O11P2/c23-14-11(28-13-1-4-25-8-26-13)7-10-2-5-38-44(36,37)42-18-16(32)12(3-6-39-43(34,35)41-17(10)14)40-21(18)31-9-27-15-19(31)29-22(24)30-20(15)33/h1,4,8-12,14,16-18,21,32H,2-3,5-7H2,(H,34,35)(H,36,37)(H,25,26,28)(H3,24,29,30,33)/t10-,11+,12+,14-,16+,17+,18+,21+/m0/s1. The van der Waals surface area contributed by atoms with Crippen molar-refractivity contribution in [3.05, 3.63) is 35.3 Å². The fourth-order valence-corrected chi connectivity index (χ4v) is 7.53. The van der Waals surface area contributed by atoms with E-state index in [0.29, 0.717) is 5.82 Å². The number of hydrogen-bond acceptors (Lipinski definition) is 15. The number of H-pyrrole nitrogens is 1. The molecule has 44 heavy (non-hydrogen) atoms. The first-order chi connectivity index (χ1) is 20.9. The average molecular weight is 662 g/mol. The SMILES string of the molecule is Nc1nc2c(ncn2[C@@H]2O[C@@H]3CCOP(=O)(O)O[C@@H]4[C@@H](CCOP(=O)(O)O[C@@H]2[C@@H]3O)C[C@@H](Nc2ccncn2)[C@@H]4F)c(=O)[nH]1. The maximum Gasteiger partial charge on any atom is 0.472 e. The van der Waals surface area contributed by atoms with Crippen molar-refractivity contribution < 1.29 is 51.2 Å². The Kier molecular flexibility index (Phi) is 8.57. The number of alkyl halides is 1. The van der Waals surface area contributed by atoms with Crippen molar-refractivity contribution >= 4 is 38.6 Å². The van der Waals surface area contributed by atoms with Crippen molar-refractivity contribution in [3.8, 4) is 0 Å². The smallest absolute Gasteiger partial charge is 0.387 e. The molecule has 1 saturated carbocycles. The average Bonchev–Trinajstić information content (AvgIpc) is 3.59. The number of fused-ring (bicyclic) bond motifs is 4. The lowest BCUT2D eigenvalue weighted by molar-refractivity contribution is -0.0437. The monoisotopic (exact) mass is 662 g/mol. The third-order valence-corrected chi connectivity index (χ3v) is 9.62. The van der Waals surface area contributed by atoms with Gasteiger partial charge in [-0.15, -0.1) is 0 Å². The van der Waals surface area contributed by atoms with Crippen LogP contribution in [0.3, 0.4) is 0 Å². The Morgan fingerprint density at radius 1 is 1.11 bits per heavy atom. The molecule has 0 aromatic carbocycles. The van der Waals surface area contributed by atoms with Crippen molar-refractivity contribution in [2.45, 2.75) is 62.1 Å². The molecule has 22 heteroatoms. The van der Waals surface area contributed by atoms with Gasteiger partial charge in [0.1, 0.15) is 36.6 Å². The molecule has 7 N–H and O–H groups in total. The van der Waals surface area contributed by atoms with Crippen molar-refractivity contribution in [2.24, 2.45) is 5.92 Å². The van der Waals surface area contributed by atoms with Crippen LogP contribution in [0.5, 0.6) is 0 Å². The summed E-state index contributed by atoms with van der Waals surface area (Å²) in [4.78, 5) is 51.5. The van der Waals surface area contributed by atoms with Crippen molar-refractivity contribution in [1.29, 1.82) is 0 Å². The fraction of sp³-hybridized carbons (Fsp3) is 0.591. The molecular formula is C22H29FN8O11P2. The molecule has 2 bridgehead atoms. The van der Waals surface area contributed by atoms with Crippen LogP contribution in [0.2, 0.25) is 0 Å². The molecule has 1 aliphatic carbocycles. The third kappa shape index (κ3) is 6.41. The Hall–Kier alpha value is -2.90. The molecule has 240 valence electrons. The summed E-state index contributed by atoms with van der Waals surface area (Å²) < 4.78 is 69.5. The number of phosphoric acid groups is 2. The van der Waals surface area contributed by atoms with Crippen molar-refractivity contribution in [2.75, 3.05) is 24.3 Å². The summed E-state index contributed by atoms with van der Waals surface area (Å²) in [5.41, 5.74) is 4.81. The lowest BCUT2D eigenvalue weighted by Crippen LogP contribution is -2.34. The molecule has 6 rings (SSSR count). The maximum atomic E-state index is 15.6. The van der Waals surface area contributed by atoms with Crippen LogP contribution in [0.4, 0.5) is 16.2 Å². The molecule has 2 unspecified atom stereocenters. The highest BCUT2D eigenvalue weighted by Crippen LogP contribution is 2.53. The number of nitrogens with two attached hydrogens (primary N) is 1. The number of imidazole rings is 1. The number of rotatable bonds is 3. The van der Waals surface area contributed by atoms with E-state index in [9.17, 15) is 28.8 Å². The second kappa shape index (κ2) is 12.1. The summed E-state index contributed by atoms with van der Waals surface area (Å²) >= 11 is 0. The van der Waals surface area contributed by atoms with Gasteiger partial charge in [-0.2, -0.15) is 4.98 Å². The number of hydrogen-bond donors (Lipinski definition) is 6. The van der Waals surface area contributed by atoms with E-state index in [-0.39, 0.29) is 36.4 Å². The molecule has 0 amide bonds. The first kappa shape index (κ1) is 31.1. The van der Waals surface area contributed by atoms with Gasteiger partial charge in [-0.3, -0.25) is 32.4 Å². The molecule has 10 atom stereocenters. The van der Waals surface area contributed by atoms with E-state index < -0.39 is 83.2 Å². The highest BCUT2D eigenvalue weighted by Gasteiger charge is 2.51. The van der Waals surface area contributed by atoms with Gasteiger partial charge in [0.25, 0.3) is 5.56 Å². The topological polar surface area (TPSA) is 268 Å². The van der Waals surface area contributed by atoms with E-state index >= 15 is 4.39 Å². The number of nitrogen functional groups attached to an aromatic ring is 1. The Morgan fingerprint density at radius 3 is 2.57 bits per heavy atom. The molecule has 0 radical (unpaired) electrons. The largest absolute Gasteiger partial charge is 0.472 e. The number of halogens is 1. The second-order valence-corrected chi connectivity index (χ2v) is 13.2. The van der Waals surface area contributed by atoms with Gasteiger partial charge in [0.15, 0.2) is 17.4 Å². The van der Waals surface area contributed by atoms with E-state index in [4.69, 9.17) is 28.6 Å². The van der Waals surface area contributed by atoms with Gasteiger partial charge in [0, 0.05) is 12.6 Å². The third-order valence-electron chi connectivity index (χ3n) is 7.58. The quantitative estimate of drug-likeness (QED) is 0.207. The molecule has 0 spiro atoms. The van der Waals surface area contributed by atoms with Gasteiger partial charge >= 0.3 is 15.6 Å². The predicted molar refractivity (Wildman–Crippen MR) is 145 cm³/mol. The molecule has 3 aliphatic rings. The predicted octanol–water partition coefficient (Wildman–Crippen LogP) is 0.387. The summed E-state index contributed by atoms with van der Waals surface area (Å²) in [7, 11) is -9.76. The minimum atomic E-state index is -4.91. The molecule has 2 saturated heterocycles. The number of aromatic amines is 1. The highest BCUT2D eigenvalue weighted by molar-refractivity contribution is 7.47. The maximum absolute atomic E-state index is 15.6. The number of nitrogens with one attached hydrogen (secondary N) is 2. The van der Waals surface area contributed by atoms with Crippen LogP contribution in [0.25, 0.3) is 11.2 Å². The zero-order valence-electron chi connectivity index (χ0n) is 22.7. The summed E-state index contributed by atoms with van der Waals surface area (Å²) in [6.45, 7) is -0.962. The van der Waals surface area contributed by atoms with Gasteiger partial charge in [0.05, 0.1) is 31.7 Å². The number of ether oxygens (including phenoxy) is 1. The number of phosphoric ester groups is 2. The van der Waals surface area contributed by atoms with E-state index in [0.717, 1.165) is 6.33 Å². The van der Waals surface area contributed by atoms with Gasteiger partial charge in [-0.25, -0.2) is 28.5 Å². The minimum Gasteiger partial charge on any atom is -0.387 e. The molecule has 3 aromatic rings. The van der Waals surface area contributed by atoms with Crippen LogP contribution in [0.1, 0.15) is 25.5 Å². The first-order valence-corrected chi connectivity index (χ1v) is 16.4. The Labute approximate surface area is 247 Å². The first-order valence-electron chi connectivity index (χ1n) is 13.4. The lowest BCUT2D eigenvalue weighted by Gasteiger charge is -2.25. The van der Waals surface area contributed by atoms with Crippen molar-refractivity contribution in [3.63, 3.8) is 0 Å². The molecule has 2 aliphatic heterocycles. The van der Waals surface area contributed by atoms with E-state index in [2.05, 4.69) is 30.2 Å². The van der Waals surface area contributed by atoms with Crippen LogP contribution < -0.4 is 16.6 Å². The van der Waals surface area contributed by atoms with Crippen LogP contribution in [-0.2, 0) is 32.0 Å². The zero-order valence-corrected chi connectivity index (χ0v) is 24.4. The second-order valence-electron chi connectivity index (χ2n) is 10.4. The van der Waals surface area contributed by atoms with E-state index in [1.165, 1.54) is 23.2 Å². The van der Waals surface area contributed by atoms with Crippen molar-refractivity contribution in [1.82, 2.24) is 29.5 Å². The summed E-state index contributed by atoms with van der Waals surface area (Å²) in [6, 6.07) is 0.626. The molecule has 19 nitrogen and oxygen atoms in total. The van der Waals surface area contributed by atoms with Gasteiger partial charge in [0.2, 0.25) is 5.95 Å². The van der Waals surface area contributed by atoms with E-state index in [1.807, 2.05) is 0 Å². The number of aromatic nitrogens is 6. The van der Waals surface area contributed by atoms with Crippen LogP contribution in [0, 0.1) is 5.92 Å². The summed E-state index contributed by atoms with van der Waals surface area (Å²) in [5.74, 6) is -0.688. The molecule has 5 heterocycles. The Balaban J connectivity index is 1.25. The number of aliphatic hydroxyl groups excluding tert-OH is 1. The van der Waals surface area contributed by atoms with Gasteiger partial charge in [-0.1, -0.05) is 0 Å². The Morgan fingerprint density at radius 2 is 1.84 bits per heavy atom. The van der Waals surface area contributed by atoms with Gasteiger partial charge < -0.3 is 30.7 Å².